The quantitative estimate of drug-likeness (QED) is 0.344. The van der Waals surface area contributed by atoms with E-state index in [1.807, 2.05) is 56.3 Å². The summed E-state index contributed by atoms with van der Waals surface area (Å²) in [6.07, 6.45) is 3.64. The van der Waals surface area contributed by atoms with Gasteiger partial charge in [0.05, 0.1) is 13.2 Å². The monoisotopic (exact) mass is 541 g/mol. The molecule has 8 heteroatoms. The summed E-state index contributed by atoms with van der Waals surface area (Å²) >= 11 is 6.02. The van der Waals surface area contributed by atoms with Gasteiger partial charge in [0.2, 0.25) is 17.7 Å². The second-order valence-corrected chi connectivity index (χ2v) is 10.7. The first-order valence-corrected chi connectivity index (χ1v) is 13.9. The zero-order valence-electron chi connectivity index (χ0n) is 22.6. The predicted molar refractivity (Wildman–Crippen MR) is 150 cm³/mol. The number of amides is 3. The molecule has 38 heavy (non-hydrogen) atoms. The predicted octanol–water partition coefficient (Wildman–Crippen LogP) is 4.52. The van der Waals surface area contributed by atoms with Crippen molar-refractivity contribution in [2.24, 2.45) is 5.92 Å². The van der Waals surface area contributed by atoms with Crippen molar-refractivity contribution >= 4 is 29.3 Å². The van der Waals surface area contributed by atoms with E-state index in [-0.39, 0.29) is 30.2 Å². The minimum absolute atomic E-state index is 0.00418. The summed E-state index contributed by atoms with van der Waals surface area (Å²) in [6.45, 7) is 6.92. The molecule has 3 rings (SSSR count). The van der Waals surface area contributed by atoms with Crippen LogP contribution in [-0.4, -0.2) is 53.9 Å². The molecule has 0 aliphatic carbocycles. The molecule has 0 bridgehead atoms. The van der Waals surface area contributed by atoms with Crippen LogP contribution in [0.3, 0.4) is 0 Å². The topological polar surface area (TPSA) is 87.7 Å². The van der Waals surface area contributed by atoms with Crippen LogP contribution in [0.1, 0.15) is 57.6 Å². The maximum Gasteiger partial charge on any atom is 0.246 e. The average Bonchev–Trinajstić information content (AvgIpc) is 2.90. The van der Waals surface area contributed by atoms with Gasteiger partial charge in [-0.1, -0.05) is 87.7 Å². The number of halogens is 1. The van der Waals surface area contributed by atoms with Crippen molar-refractivity contribution in [2.45, 2.75) is 77.6 Å². The number of ether oxygens (including phenoxy) is 1. The highest BCUT2D eigenvalue weighted by Gasteiger charge is 2.46. The van der Waals surface area contributed by atoms with Crippen molar-refractivity contribution in [3.05, 3.63) is 70.7 Å². The standard InChI is InChI=1S/C30H40ClN3O4/c1-4-5-9-16-32-28(35)27(20-38-19-23-10-7-6-8-11-23)34-26(17-21(2)3)29(36)33-25(30(34)37)18-22-12-14-24(31)15-13-22/h6-8,10-15,21,25-27H,4-5,9,16-20H2,1-3H3,(H,32,35)(H,33,36)/t25-,26-,27?/m0/s1. The van der Waals surface area contributed by atoms with Crippen LogP contribution in [0.4, 0.5) is 0 Å². The fourth-order valence-corrected chi connectivity index (χ4v) is 4.80. The van der Waals surface area contributed by atoms with Crippen LogP contribution in [0.25, 0.3) is 0 Å². The lowest BCUT2D eigenvalue weighted by Gasteiger charge is -2.43. The summed E-state index contributed by atoms with van der Waals surface area (Å²) < 4.78 is 5.99. The number of nitrogens with one attached hydrogen (secondary N) is 2. The first-order valence-electron chi connectivity index (χ1n) is 13.6. The second-order valence-electron chi connectivity index (χ2n) is 10.3. The van der Waals surface area contributed by atoms with Crippen molar-refractivity contribution in [3.63, 3.8) is 0 Å². The molecule has 1 fully saturated rings. The van der Waals surface area contributed by atoms with E-state index < -0.39 is 18.1 Å². The molecule has 0 spiro atoms. The van der Waals surface area contributed by atoms with Crippen molar-refractivity contribution in [1.29, 1.82) is 0 Å². The Morgan fingerprint density at radius 2 is 1.76 bits per heavy atom. The summed E-state index contributed by atoms with van der Waals surface area (Å²) in [6, 6.07) is 14.4. The molecule has 7 nitrogen and oxygen atoms in total. The summed E-state index contributed by atoms with van der Waals surface area (Å²) in [4.78, 5) is 42.3. The number of piperazine rings is 1. The summed E-state index contributed by atoms with van der Waals surface area (Å²) in [5, 5.41) is 6.50. The Balaban J connectivity index is 1.86. The maximum atomic E-state index is 13.9. The molecular weight excluding hydrogens is 502 g/mol. The second kappa shape index (κ2) is 14.9. The number of carbonyl (C=O) groups is 3. The van der Waals surface area contributed by atoms with Crippen LogP contribution in [0.5, 0.6) is 0 Å². The molecule has 1 aliphatic heterocycles. The van der Waals surface area contributed by atoms with Gasteiger partial charge in [0.1, 0.15) is 18.1 Å². The Hall–Kier alpha value is -2.90. The molecule has 2 aromatic carbocycles. The minimum atomic E-state index is -0.921. The Morgan fingerprint density at radius 3 is 2.42 bits per heavy atom. The molecule has 2 N–H and O–H groups in total. The van der Waals surface area contributed by atoms with E-state index in [0.29, 0.717) is 31.0 Å². The highest BCUT2D eigenvalue weighted by atomic mass is 35.5. The van der Waals surface area contributed by atoms with E-state index in [9.17, 15) is 14.4 Å². The highest BCUT2D eigenvalue weighted by molar-refractivity contribution is 6.30. The smallest absolute Gasteiger partial charge is 0.246 e. The molecule has 206 valence electrons. The molecule has 0 radical (unpaired) electrons. The van der Waals surface area contributed by atoms with E-state index in [0.717, 1.165) is 30.4 Å². The Labute approximate surface area is 231 Å². The first kappa shape index (κ1) is 29.7. The molecule has 2 aromatic rings. The lowest BCUT2D eigenvalue weighted by molar-refractivity contribution is -0.158. The fourth-order valence-electron chi connectivity index (χ4n) is 4.67. The molecule has 0 aromatic heterocycles. The number of hydrogen-bond acceptors (Lipinski definition) is 4. The van der Waals surface area contributed by atoms with Crippen LogP contribution in [0.15, 0.2) is 54.6 Å². The van der Waals surface area contributed by atoms with Gasteiger partial charge in [-0.2, -0.15) is 0 Å². The number of hydrogen-bond donors (Lipinski definition) is 2. The molecule has 1 unspecified atom stereocenters. The Kier molecular flexibility index (Phi) is 11.6. The zero-order valence-corrected chi connectivity index (χ0v) is 23.4. The van der Waals surface area contributed by atoms with Gasteiger partial charge in [-0.15, -0.1) is 0 Å². The van der Waals surface area contributed by atoms with E-state index in [1.165, 1.54) is 4.90 Å². The van der Waals surface area contributed by atoms with Gasteiger partial charge in [0.25, 0.3) is 0 Å². The first-order chi connectivity index (χ1) is 18.3. The molecular formula is C30H40ClN3O4. The summed E-state index contributed by atoms with van der Waals surface area (Å²) in [5.41, 5.74) is 1.84. The SMILES string of the molecule is CCCCCNC(=O)C(COCc1ccccc1)N1C(=O)[C@H](Cc2ccc(Cl)cc2)NC(=O)[C@@H]1CC(C)C. The third-order valence-corrected chi connectivity index (χ3v) is 6.91. The summed E-state index contributed by atoms with van der Waals surface area (Å²) in [5.74, 6) is -0.671. The Morgan fingerprint density at radius 1 is 1.05 bits per heavy atom. The van der Waals surface area contributed by atoms with Gasteiger partial charge in [0, 0.05) is 18.0 Å². The lowest BCUT2D eigenvalue weighted by atomic mass is 9.93. The summed E-state index contributed by atoms with van der Waals surface area (Å²) in [7, 11) is 0. The van der Waals surface area contributed by atoms with Gasteiger partial charge in [-0.25, -0.2) is 0 Å². The van der Waals surface area contributed by atoms with Crippen molar-refractivity contribution in [2.75, 3.05) is 13.2 Å². The number of nitrogens with zero attached hydrogens (tertiary/aromatic N) is 1. The van der Waals surface area contributed by atoms with E-state index in [4.69, 9.17) is 16.3 Å². The van der Waals surface area contributed by atoms with E-state index in [2.05, 4.69) is 17.6 Å². The van der Waals surface area contributed by atoms with Gasteiger partial charge in [-0.3, -0.25) is 14.4 Å². The fraction of sp³-hybridized carbons (Fsp3) is 0.500. The largest absolute Gasteiger partial charge is 0.374 e. The minimum Gasteiger partial charge on any atom is -0.374 e. The third-order valence-electron chi connectivity index (χ3n) is 6.66. The van der Waals surface area contributed by atoms with Crippen molar-refractivity contribution in [3.8, 4) is 0 Å². The zero-order chi connectivity index (χ0) is 27.5. The van der Waals surface area contributed by atoms with Crippen molar-refractivity contribution < 1.29 is 19.1 Å². The Bertz CT molecular complexity index is 1050. The lowest BCUT2D eigenvalue weighted by Crippen LogP contribution is -2.69. The van der Waals surface area contributed by atoms with Gasteiger partial charge >= 0.3 is 0 Å². The van der Waals surface area contributed by atoms with Gasteiger partial charge in [-0.05, 0) is 42.0 Å². The third kappa shape index (κ3) is 8.57. The molecule has 1 aliphatic rings. The van der Waals surface area contributed by atoms with Gasteiger partial charge < -0.3 is 20.3 Å². The molecule has 1 saturated heterocycles. The highest BCUT2D eigenvalue weighted by Crippen LogP contribution is 2.23. The number of unbranched alkanes of at least 4 members (excludes halogenated alkanes) is 2. The van der Waals surface area contributed by atoms with Crippen LogP contribution in [0, 0.1) is 5.92 Å². The van der Waals surface area contributed by atoms with Crippen LogP contribution >= 0.6 is 11.6 Å². The van der Waals surface area contributed by atoms with Gasteiger partial charge in [0.15, 0.2) is 0 Å². The van der Waals surface area contributed by atoms with Crippen LogP contribution in [-0.2, 0) is 32.1 Å². The average molecular weight is 542 g/mol. The molecule has 0 saturated carbocycles. The number of carbonyl (C=O) groups excluding carboxylic acids is 3. The molecule has 3 atom stereocenters. The normalized spacial score (nSPS) is 18.4. The maximum absolute atomic E-state index is 13.9. The molecule has 3 amide bonds. The van der Waals surface area contributed by atoms with Crippen LogP contribution in [0.2, 0.25) is 5.02 Å². The number of benzene rings is 2. The number of rotatable bonds is 14. The van der Waals surface area contributed by atoms with E-state index >= 15 is 0 Å². The van der Waals surface area contributed by atoms with E-state index in [1.54, 1.807) is 12.1 Å². The van der Waals surface area contributed by atoms with Crippen LogP contribution < -0.4 is 10.6 Å². The van der Waals surface area contributed by atoms with Crippen molar-refractivity contribution in [1.82, 2.24) is 15.5 Å². The molecule has 1 heterocycles.